The lowest BCUT2D eigenvalue weighted by Crippen LogP contribution is -2.65. The average molecular weight is 1490 g/mol. The Labute approximate surface area is 625 Å². The number of carbonyl (C=O) groups is 8. The fourth-order valence-corrected chi connectivity index (χ4v) is 17.9. The number of rotatable bonds is 19. The molecule has 4 saturated heterocycles. The number of likely N-dealkylation sites (N-methyl/N-ethyl adjacent to an activating group) is 2. The first-order chi connectivity index (χ1) is 49.2. The quantitative estimate of drug-likeness (QED) is 0.0433. The third-order valence-electron chi connectivity index (χ3n) is 22.6. The topological polar surface area (TPSA) is 331 Å². The zero-order chi connectivity index (χ0) is 76.8. The number of thiazole rings is 2. The number of aryl methyl sites for hydroxylation is 2. The molecule has 10 aliphatic rings. The molecule has 572 valence electrons. The smallest absolute Gasteiger partial charge is 0.482 e. The molecule has 0 radical (unpaired) electrons. The summed E-state index contributed by atoms with van der Waals surface area (Å²) in [5.74, 6) is -1.01. The van der Waals surface area contributed by atoms with Crippen LogP contribution in [0.5, 0.6) is 11.5 Å². The maximum atomic E-state index is 14.5. The predicted octanol–water partition coefficient (Wildman–Crippen LogP) is 8.56. The van der Waals surface area contributed by atoms with Crippen LogP contribution in [0.1, 0.15) is 188 Å². The van der Waals surface area contributed by atoms with Crippen LogP contribution in [0.2, 0.25) is 0 Å². The van der Waals surface area contributed by atoms with Crippen molar-refractivity contribution >= 4 is 84.6 Å². The summed E-state index contributed by atoms with van der Waals surface area (Å²) in [7, 11) is 1.48. The van der Waals surface area contributed by atoms with Gasteiger partial charge in [-0.25, -0.2) is 29.1 Å². The second-order valence-electron chi connectivity index (χ2n) is 32.3. The summed E-state index contributed by atoms with van der Waals surface area (Å²) in [6, 6.07) is 7.94. The first kappa shape index (κ1) is 80.1. The van der Waals surface area contributed by atoms with E-state index in [1.807, 2.05) is 60.6 Å². The standard InChI is InChI=1S/C37H52BN5O8S.C30H42BN3O6S.C7H12N2O3/c1-10-42-14-15-43(19-29(42)44)34(47)41-30(25-20-52-21(2)39-25)32(45)40-28(38-50-27-18-23-17-26(36(23,6)7)37(27,8)51-38)16-22-12-11-13-24(31(22)48-9)33(46)49-35(3,4)5;1-16-33-20(15-41-16)24(32)26(35)34-23(31-39-22-14-18-13-21(29(18,5)6)30(22,7)40-31)12-17-10-9-11-19(25(17)37-8)27(36)38-28(2,3)4;1-2-8-3-4-9(7(11)12)5-6(8)10/h11-13,20,23,26-28,30H,10,14-19H2,1-9H3,(H,40,45)(H,41,47);9-11,15,18,21-24H,12-14,32H2,1-8H3,(H,34,35);2-5H2,1H3,(H,11,12)/t23?,26?,27?,28-,30?,37-;18?,21?,22?,23-,24?,30-;/m00./s1. The largest absolute Gasteiger partial charge is 0.496 e. The minimum absolute atomic E-state index is 0.00315. The van der Waals surface area contributed by atoms with E-state index in [9.17, 15) is 38.4 Å². The van der Waals surface area contributed by atoms with Crippen molar-refractivity contribution in [3.63, 3.8) is 0 Å². The summed E-state index contributed by atoms with van der Waals surface area (Å²) in [4.78, 5) is 117. The lowest BCUT2D eigenvalue weighted by Gasteiger charge is -2.64. The Bertz CT molecular complexity index is 3900. The minimum Gasteiger partial charge on any atom is -0.496 e. The molecule has 0 spiro atoms. The van der Waals surface area contributed by atoms with E-state index in [0.717, 1.165) is 46.2 Å². The van der Waals surface area contributed by atoms with Crippen LogP contribution in [0.3, 0.4) is 0 Å². The molecule has 4 aromatic rings. The highest BCUT2D eigenvalue weighted by atomic mass is 32.1. The number of aromatic nitrogens is 2. The second-order valence-corrected chi connectivity index (χ2v) is 34.5. The van der Waals surface area contributed by atoms with Gasteiger partial charge in [0.1, 0.15) is 53.0 Å². The number of piperazine rings is 2. The van der Waals surface area contributed by atoms with E-state index in [1.165, 1.54) is 41.8 Å². The summed E-state index contributed by atoms with van der Waals surface area (Å²) in [5, 5.41) is 22.8. The molecule has 4 aliphatic heterocycles. The van der Waals surface area contributed by atoms with E-state index in [-0.39, 0.29) is 71.8 Å². The van der Waals surface area contributed by atoms with Crippen molar-refractivity contribution in [3.05, 3.63) is 90.8 Å². The van der Waals surface area contributed by atoms with Crippen LogP contribution in [0, 0.1) is 48.3 Å². The first-order valence-electron chi connectivity index (χ1n) is 36.5. The maximum absolute atomic E-state index is 14.5. The molecule has 8 unspecified atom stereocenters. The van der Waals surface area contributed by atoms with E-state index in [1.54, 1.807) is 65.6 Å². The number of benzene rings is 2. The van der Waals surface area contributed by atoms with Crippen molar-refractivity contribution in [3.8, 4) is 11.5 Å². The molecular weight excluding hydrogens is 1390 g/mol. The molecule has 6 N–H and O–H groups in total. The molecular formula is C74H106B2N10O17S2. The summed E-state index contributed by atoms with van der Waals surface area (Å²) >= 11 is 2.81. The number of carboxylic acid groups (broad SMARTS) is 1. The van der Waals surface area contributed by atoms with Crippen molar-refractivity contribution in [1.82, 2.24) is 45.5 Å². The molecule has 105 heavy (non-hydrogen) atoms. The number of nitrogens with one attached hydrogen (secondary N) is 3. The molecule has 7 amide bonds. The van der Waals surface area contributed by atoms with Gasteiger partial charge in [-0.1, -0.05) is 52.0 Å². The zero-order valence-corrected chi connectivity index (χ0v) is 65.6. The van der Waals surface area contributed by atoms with Crippen molar-refractivity contribution < 1.29 is 81.0 Å². The molecule has 14 rings (SSSR count). The number of ether oxygens (including phenoxy) is 4. The average Bonchev–Trinajstić information content (AvgIpc) is 1.65. The van der Waals surface area contributed by atoms with Gasteiger partial charge >= 0.3 is 38.3 Å². The number of hydrogen-bond acceptors (Lipinski definition) is 21. The number of amides is 7. The lowest BCUT2D eigenvalue weighted by molar-refractivity contribution is -0.199. The number of urea groups is 1. The Morgan fingerprint density at radius 1 is 0.629 bits per heavy atom. The Kier molecular flexibility index (Phi) is 24.0. The first-order valence-corrected chi connectivity index (χ1v) is 38.2. The molecule has 12 atom stereocenters. The van der Waals surface area contributed by atoms with Crippen molar-refractivity contribution in [2.45, 2.75) is 208 Å². The summed E-state index contributed by atoms with van der Waals surface area (Å²) in [5.41, 5.74) is 7.08. The van der Waals surface area contributed by atoms with Crippen LogP contribution in [-0.2, 0) is 60.1 Å². The van der Waals surface area contributed by atoms with Crippen LogP contribution in [0.25, 0.3) is 0 Å². The van der Waals surface area contributed by atoms with E-state index >= 15 is 0 Å². The van der Waals surface area contributed by atoms with Gasteiger partial charge in [-0.3, -0.25) is 24.1 Å². The molecule has 2 aromatic heterocycles. The Hall–Kier alpha value is -7.41. The number of hydrogen-bond donors (Lipinski definition) is 5. The molecule has 6 aliphatic carbocycles. The van der Waals surface area contributed by atoms with Crippen LogP contribution in [-0.4, -0.2) is 210 Å². The van der Waals surface area contributed by atoms with Gasteiger partial charge in [0, 0.05) is 50.0 Å². The lowest BCUT2D eigenvalue weighted by atomic mass is 9.43. The third kappa shape index (κ3) is 17.1. The Balaban J connectivity index is 0.000000198. The van der Waals surface area contributed by atoms with Gasteiger partial charge in [0.25, 0.3) is 0 Å². The molecule has 6 heterocycles. The molecule has 27 nitrogen and oxygen atoms in total. The molecule has 10 fully saturated rings. The van der Waals surface area contributed by atoms with Gasteiger partial charge in [0.05, 0.1) is 70.9 Å². The number of methoxy groups -OCH3 is 2. The van der Waals surface area contributed by atoms with Crippen LogP contribution >= 0.6 is 22.7 Å². The molecule has 4 bridgehead atoms. The fraction of sp³-hybridized carbons (Fsp3) is 0.649. The number of carbonyl (C=O) groups excluding carboxylic acids is 7. The highest BCUT2D eigenvalue weighted by molar-refractivity contribution is 7.09. The van der Waals surface area contributed by atoms with Crippen LogP contribution in [0.15, 0.2) is 47.2 Å². The Morgan fingerprint density at radius 3 is 1.43 bits per heavy atom. The second kappa shape index (κ2) is 31.4. The highest BCUT2D eigenvalue weighted by Gasteiger charge is 2.70. The third-order valence-corrected chi connectivity index (χ3v) is 24.2. The van der Waals surface area contributed by atoms with Gasteiger partial charge in [0.15, 0.2) is 6.04 Å². The summed E-state index contributed by atoms with van der Waals surface area (Å²) in [6.07, 6.45) is 3.20. The summed E-state index contributed by atoms with van der Waals surface area (Å²) in [6.45, 7) is 34.6. The van der Waals surface area contributed by atoms with E-state index < -0.39 is 90.6 Å². The van der Waals surface area contributed by atoms with Crippen molar-refractivity contribution in [2.24, 2.45) is 40.2 Å². The van der Waals surface area contributed by atoms with Crippen LogP contribution in [0.4, 0.5) is 9.59 Å². The monoisotopic (exact) mass is 1490 g/mol. The molecule has 2 aromatic carbocycles. The van der Waals surface area contributed by atoms with E-state index in [4.69, 9.17) is 48.4 Å². The van der Waals surface area contributed by atoms with Gasteiger partial charge in [0.2, 0.25) is 23.6 Å². The maximum Gasteiger partial charge on any atom is 0.482 e. The van der Waals surface area contributed by atoms with Gasteiger partial charge in [-0.2, -0.15) is 0 Å². The number of para-hydroxylation sites is 2. The summed E-state index contributed by atoms with van der Waals surface area (Å²) < 4.78 is 49.8. The highest BCUT2D eigenvalue weighted by Crippen LogP contribution is 2.67. The number of esters is 2. The number of nitrogens with zero attached hydrogens (tertiary/aromatic N) is 6. The van der Waals surface area contributed by atoms with E-state index in [2.05, 4.69) is 67.5 Å². The van der Waals surface area contributed by atoms with Gasteiger partial charge in [-0.15, -0.1) is 22.7 Å². The van der Waals surface area contributed by atoms with Gasteiger partial charge < -0.3 is 79.1 Å². The molecule has 31 heteroatoms. The zero-order valence-electron chi connectivity index (χ0n) is 64.0. The molecule has 6 saturated carbocycles. The normalized spacial score (nSPS) is 25.9. The SMILES string of the molecule is CCN1CCN(C(=O)NC(C(=O)N[C@@H](Cc2cccc(C(=O)OC(C)(C)C)c2OC)B2OC3CC4CC(C4(C)C)[C@]3(C)O2)c2csc(C)n2)CC1=O.CCN1CCN(C(=O)O)CC1=O.COc1c(C[C@H](NC(=O)C(N)c2csc(C)n2)B2OC3CC4CC(C4(C)C)[C@]3(C)O2)cccc1C(=O)OC(C)(C)C. The van der Waals surface area contributed by atoms with Gasteiger partial charge in [-0.05, 0) is 179 Å². The predicted molar refractivity (Wildman–Crippen MR) is 395 cm³/mol. The fourth-order valence-electron chi connectivity index (χ4n) is 16.6. The Morgan fingerprint density at radius 2 is 1.05 bits per heavy atom. The van der Waals surface area contributed by atoms with Crippen molar-refractivity contribution in [2.75, 3.05) is 66.6 Å². The van der Waals surface area contributed by atoms with Crippen LogP contribution < -0.4 is 31.2 Å². The number of nitrogens with two attached hydrogens (primary N) is 1. The van der Waals surface area contributed by atoms with Crippen molar-refractivity contribution in [1.29, 1.82) is 0 Å². The minimum atomic E-state index is -1.17. The van der Waals surface area contributed by atoms with E-state index in [0.29, 0.717) is 97.5 Å².